The summed E-state index contributed by atoms with van der Waals surface area (Å²) in [5.41, 5.74) is 13.6. The number of nitrogens with zero attached hydrogens (tertiary/aromatic N) is 1. The van der Waals surface area contributed by atoms with Gasteiger partial charge in [-0.3, -0.25) is 9.59 Å². The fraction of sp³-hybridized carbons (Fsp3) is 0.571. The number of ether oxygens (including phenoxy) is 1. The predicted octanol–water partition coefficient (Wildman–Crippen LogP) is 6.17. The highest BCUT2D eigenvalue weighted by Crippen LogP contribution is 2.37. The first kappa shape index (κ1) is 53.4. The van der Waals surface area contributed by atoms with E-state index < -0.39 is 21.2 Å². The molecule has 3 aromatic rings. The Morgan fingerprint density at radius 3 is 1.70 bits per heavy atom. The maximum atomic E-state index is 10.9. The second kappa shape index (κ2) is 29.6. The molecule has 0 spiro atoms. The quantitative estimate of drug-likeness (QED) is 0.0446. The van der Waals surface area contributed by atoms with Crippen LogP contribution in [0.1, 0.15) is 99.3 Å². The van der Waals surface area contributed by atoms with Crippen molar-refractivity contribution in [3.63, 3.8) is 0 Å². The fourth-order valence-corrected chi connectivity index (χ4v) is 8.94. The van der Waals surface area contributed by atoms with Gasteiger partial charge < -0.3 is 47.0 Å². The molecule has 2 aromatic carbocycles. The summed E-state index contributed by atoms with van der Waals surface area (Å²) in [6.07, 6.45) is 11.5. The number of thiazole rings is 1. The van der Waals surface area contributed by atoms with E-state index in [9.17, 15) is 14.6 Å². The Morgan fingerprint density at radius 1 is 0.783 bits per heavy atom. The number of primary amides is 1. The first-order valence-corrected chi connectivity index (χ1v) is 22.7. The van der Waals surface area contributed by atoms with Crippen LogP contribution in [0.5, 0.6) is 0 Å². The van der Waals surface area contributed by atoms with E-state index in [0.717, 1.165) is 76.7 Å². The van der Waals surface area contributed by atoms with Gasteiger partial charge in [-0.2, -0.15) is 0 Å². The number of aromatic nitrogens is 1. The van der Waals surface area contributed by atoms with Crippen molar-refractivity contribution in [3.05, 3.63) is 76.6 Å². The number of thiocarbonyl (C=S) groups is 1. The van der Waals surface area contributed by atoms with E-state index in [1.54, 1.807) is 43.9 Å². The SMILES string of the molecule is C.C1CCOC1.CB(O)NC1CCC(C(N)=O)C1.CB(O)NC1CCC(C(N)=S)C1.CB(O)NC1CCC(c2nc(-c3ccccc3)cs2)C1.O=C(CCl)c1ccccc1. The molecule has 4 fully saturated rings. The van der Waals surface area contributed by atoms with E-state index in [1.807, 2.05) is 36.4 Å². The molecule has 6 unspecified atom stereocenters. The summed E-state index contributed by atoms with van der Waals surface area (Å²) in [5, 5.41) is 40.1. The number of benzene rings is 2. The summed E-state index contributed by atoms with van der Waals surface area (Å²) < 4.78 is 4.94. The van der Waals surface area contributed by atoms with Gasteiger partial charge in [0.25, 0.3) is 0 Å². The first-order chi connectivity index (χ1) is 28.2. The lowest BCUT2D eigenvalue weighted by Gasteiger charge is -2.12. The molecule has 1 aliphatic heterocycles. The van der Waals surface area contributed by atoms with E-state index >= 15 is 0 Å². The molecule has 0 bridgehead atoms. The van der Waals surface area contributed by atoms with Crippen LogP contribution in [0.25, 0.3) is 11.3 Å². The number of nitrogens with one attached hydrogen (secondary N) is 3. The molecule has 7 rings (SSSR count). The molecular formula is C42H68B3ClN6O6S2. The number of carbonyl (C=O) groups excluding carboxylic acids is 2. The van der Waals surface area contributed by atoms with Gasteiger partial charge in [-0.25, -0.2) is 4.98 Å². The lowest BCUT2D eigenvalue weighted by atomic mass is 9.87. The third kappa shape index (κ3) is 20.9. The van der Waals surface area contributed by atoms with E-state index in [1.165, 1.54) is 23.4 Å². The molecule has 10 N–H and O–H groups in total. The van der Waals surface area contributed by atoms with Crippen LogP contribution in [0.15, 0.2) is 66.0 Å². The molecule has 6 atom stereocenters. The lowest BCUT2D eigenvalue weighted by molar-refractivity contribution is -0.121. The molecule has 0 radical (unpaired) electrons. The van der Waals surface area contributed by atoms with Gasteiger partial charge in [0.1, 0.15) is 0 Å². The van der Waals surface area contributed by atoms with Crippen molar-refractivity contribution in [2.24, 2.45) is 23.3 Å². The highest BCUT2D eigenvalue weighted by atomic mass is 35.5. The van der Waals surface area contributed by atoms with Crippen LogP contribution in [0.3, 0.4) is 0 Å². The minimum atomic E-state index is -0.498. The van der Waals surface area contributed by atoms with E-state index in [4.69, 9.17) is 55.1 Å². The monoisotopic (exact) mass is 884 g/mol. The van der Waals surface area contributed by atoms with Crippen LogP contribution in [0.4, 0.5) is 0 Å². The summed E-state index contributed by atoms with van der Waals surface area (Å²) in [4.78, 5) is 27.1. The van der Waals surface area contributed by atoms with Gasteiger partial charge >= 0.3 is 21.2 Å². The highest BCUT2D eigenvalue weighted by Gasteiger charge is 2.30. The number of amides is 1. The van der Waals surface area contributed by atoms with Crippen LogP contribution < -0.4 is 27.2 Å². The molecule has 12 nitrogen and oxygen atoms in total. The number of alkyl halides is 1. The number of hydrogen-bond donors (Lipinski definition) is 8. The van der Waals surface area contributed by atoms with Crippen molar-refractivity contribution in [1.82, 2.24) is 20.7 Å². The Bertz CT molecular complexity index is 1600. The average molecular weight is 885 g/mol. The third-order valence-corrected chi connectivity index (χ3v) is 12.1. The van der Waals surface area contributed by atoms with Gasteiger partial charge in [0.2, 0.25) is 5.91 Å². The third-order valence-electron chi connectivity index (χ3n) is 10.5. The average Bonchev–Trinajstić information content (AvgIpc) is 4.07. The maximum absolute atomic E-state index is 10.9. The number of halogens is 1. The Hall–Kier alpha value is -2.70. The number of hydrogen-bond acceptors (Lipinski definition) is 12. The van der Waals surface area contributed by atoms with Crippen LogP contribution in [0, 0.1) is 11.8 Å². The Morgan fingerprint density at radius 2 is 1.27 bits per heavy atom. The van der Waals surface area contributed by atoms with E-state index in [-0.39, 0.29) is 37.0 Å². The molecule has 3 saturated carbocycles. The van der Waals surface area contributed by atoms with Crippen molar-refractivity contribution >= 4 is 73.0 Å². The van der Waals surface area contributed by atoms with Crippen LogP contribution in [-0.4, -0.2) is 95.1 Å². The summed E-state index contributed by atoms with van der Waals surface area (Å²) in [6, 6.07) is 20.4. The normalized spacial score (nSPS) is 22.4. The molecule has 3 aliphatic carbocycles. The molecule has 330 valence electrons. The fourth-order valence-electron chi connectivity index (χ4n) is 7.59. The predicted molar refractivity (Wildman–Crippen MR) is 255 cm³/mol. The zero-order valence-corrected chi connectivity index (χ0v) is 37.2. The van der Waals surface area contributed by atoms with Gasteiger partial charge in [0.15, 0.2) is 5.78 Å². The molecule has 4 aliphatic rings. The Balaban J connectivity index is 0.000000273. The van der Waals surface area contributed by atoms with E-state index in [0.29, 0.717) is 34.5 Å². The smallest absolute Gasteiger partial charge is 0.373 e. The Labute approximate surface area is 374 Å². The molecule has 1 saturated heterocycles. The van der Waals surface area contributed by atoms with Crippen molar-refractivity contribution < 1.29 is 29.4 Å². The number of carbonyl (C=O) groups is 2. The number of nitrogens with two attached hydrogens (primary N) is 2. The second-order valence-electron chi connectivity index (χ2n) is 15.6. The van der Waals surface area contributed by atoms with Crippen molar-refractivity contribution in [3.8, 4) is 11.3 Å². The van der Waals surface area contributed by atoms with Gasteiger partial charge in [-0.1, -0.05) is 80.3 Å². The van der Waals surface area contributed by atoms with Gasteiger partial charge in [0, 0.05) is 47.5 Å². The van der Waals surface area contributed by atoms with Crippen molar-refractivity contribution in [2.75, 3.05) is 19.1 Å². The second-order valence-corrected chi connectivity index (χ2v) is 17.3. The standard InChI is InChI=1S/C15H19BN2OS.C8H7ClO.C7H15BN2O2.C7H15BN2OS.C4H8O.CH4/c1-16(19)18-13-8-7-12(9-13)15-17-14(10-20-15)11-5-3-2-4-6-11;9-6-8(10)7-4-2-1-3-5-7;1-8(12)10-6-3-2-5(4-6)7(9)11;1-8(11)10-6-3-2-5(4-6)7(9)12;1-2-4-5-3-1;/h2-6,10,12-13,18-19H,7-9H2,1H3;1-5H,6H2;5-6,10,12H,2-4H2,1H3,(H2,9,11);5-6,10-11H,2-4H2,1H3,(H2,9,12);1-4H2;1H4. The molecule has 2 heterocycles. The number of rotatable bonds is 12. The van der Waals surface area contributed by atoms with Crippen molar-refractivity contribution in [2.45, 2.75) is 123 Å². The lowest BCUT2D eigenvalue weighted by Crippen LogP contribution is -2.38. The zero-order chi connectivity index (χ0) is 43.2. The summed E-state index contributed by atoms with van der Waals surface area (Å²) in [6.45, 7) is 7.19. The van der Waals surface area contributed by atoms with Crippen LogP contribution >= 0.6 is 35.2 Å². The summed E-state index contributed by atoms with van der Waals surface area (Å²) in [5.74, 6) is 0.725. The molecule has 60 heavy (non-hydrogen) atoms. The topological polar surface area (TPSA) is 205 Å². The molecular weight excluding hydrogens is 817 g/mol. The first-order valence-electron chi connectivity index (χ1n) is 20.9. The maximum Gasteiger partial charge on any atom is 0.373 e. The van der Waals surface area contributed by atoms with Gasteiger partial charge in [-0.05, 0) is 109 Å². The summed E-state index contributed by atoms with van der Waals surface area (Å²) in [7, 11) is -1.35. The molecule has 1 aromatic heterocycles. The minimum Gasteiger partial charge on any atom is -0.437 e. The number of ketones is 1. The molecule has 1 amide bonds. The zero-order valence-electron chi connectivity index (χ0n) is 34.8. The summed E-state index contributed by atoms with van der Waals surface area (Å²) >= 11 is 12.0. The van der Waals surface area contributed by atoms with Gasteiger partial charge in [0.05, 0.1) is 21.6 Å². The van der Waals surface area contributed by atoms with E-state index in [2.05, 4.69) is 33.2 Å². The highest BCUT2D eigenvalue weighted by molar-refractivity contribution is 7.80. The molecule has 18 heteroatoms. The van der Waals surface area contributed by atoms with Crippen LogP contribution in [-0.2, 0) is 9.53 Å². The van der Waals surface area contributed by atoms with Crippen LogP contribution in [0.2, 0.25) is 20.5 Å². The van der Waals surface area contributed by atoms with Gasteiger partial charge in [-0.15, -0.1) is 22.9 Å². The Kier molecular flexibility index (Phi) is 26.3. The van der Waals surface area contributed by atoms with Crippen molar-refractivity contribution in [1.29, 1.82) is 0 Å². The largest absolute Gasteiger partial charge is 0.437 e. The number of Topliss-reactive ketones (excluding diaryl/α,β-unsaturated/α-hetero) is 1. The minimum absolute atomic E-state index is 0.